The van der Waals surface area contributed by atoms with Crippen LogP contribution in [0, 0.1) is 23.2 Å². The average molecular weight is 237 g/mol. The summed E-state index contributed by atoms with van der Waals surface area (Å²) in [7, 11) is 1.96. The van der Waals surface area contributed by atoms with Crippen molar-refractivity contribution in [3.05, 3.63) is 0 Å². The second-order valence-electron chi connectivity index (χ2n) is 5.06. The normalized spacial score (nSPS) is 31.1. The molecule has 4 heteroatoms. The maximum atomic E-state index is 8.53. The van der Waals surface area contributed by atoms with Gasteiger partial charge in [0.05, 0.1) is 12.5 Å². The lowest BCUT2D eigenvalue weighted by Crippen LogP contribution is -2.45. The Kier molecular flexibility index (Phi) is 3.65. The number of thiocarbonyl (C=S) groups is 1. The molecule has 0 aliphatic heterocycles. The van der Waals surface area contributed by atoms with Crippen molar-refractivity contribution in [2.45, 2.75) is 38.1 Å². The minimum absolute atomic E-state index is 0.537. The molecule has 16 heavy (non-hydrogen) atoms. The van der Waals surface area contributed by atoms with Gasteiger partial charge in [0.25, 0.3) is 0 Å². The highest BCUT2D eigenvalue weighted by atomic mass is 32.1. The van der Waals surface area contributed by atoms with Crippen LogP contribution in [0.3, 0.4) is 0 Å². The zero-order valence-electron chi connectivity index (χ0n) is 9.78. The van der Waals surface area contributed by atoms with Crippen LogP contribution >= 0.6 is 12.2 Å². The number of hydrogen-bond donors (Lipinski definition) is 1. The van der Waals surface area contributed by atoms with Crippen LogP contribution in [0.1, 0.15) is 32.1 Å². The highest BCUT2D eigenvalue weighted by molar-refractivity contribution is 7.80. The molecule has 0 spiro atoms. The van der Waals surface area contributed by atoms with Gasteiger partial charge in [0.1, 0.15) is 0 Å². The lowest BCUT2D eigenvalue weighted by atomic mass is 9.95. The Balaban J connectivity index is 1.77. The first-order valence-corrected chi connectivity index (χ1v) is 6.50. The van der Waals surface area contributed by atoms with Crippen LogP contribution in [-0.4, -0.2) is 29.6 Å². The van der Waals surface area contributed by atoms with E-state index in [0.29, 0.717) is 12.5 Å². The molecule has 3 nitrogen and oxygen atoms in total. The lowest BCUT2D eigenvalue weighted by molar-refractivity contribution is 0.375. The Morgan fingerprint density at radius 2 is 2.31 bits per heavy atom. The van der Waals surface area contributed by atoms with Crippen LogP contribution in [0.5, 0.6) is 0 Å². The summed E-state index contributed by atoms with van der Waals surface area (Å²) in [6.45, 7) is 0.725. The van der Waals surface area contributed by atoms with E-state index >= 15 is 0 Å². The van der Waals surface area contributed by atoms with Gasteiger partial charge < -0.3 is 10.2 Å². The number of nitrogens with zero attached hydrogens (tertiary/aromatic N) is 2. The number of nitrogens with one attached hydrogen (secondary N) is 1. The van der Waals surface area contributed by atoms with Crippen LogP contribution in [0.15, 0.2) is 0 Å². The third-order valence-corrected chi connectivity index (χ3v) is 4.38. The fraction of sp³-hybridized carbons (Fsp3) is 0.833. The first-order chi connectivity index (χ1) is 7.70. The minimum Gasteiger partial charge on any atom is -0.360 e. The Labute approximate surface area is 103 Å². The van der Waals surface area contributed by atoms with Gasteiger partial charge in [0, 0.05) is 19.6 Å². The molecule has 0 aromatic rings. The van der Waals surface area contributed by atoms with Gasteiger partial charge in [0.15, 0.2) is 5.11 Å². The van der Waals surface area contributed by atoms with Crippen LogP contribution < -0.4 is 5.32 Å². The predicted molar refractivity (Wildman–Crippen MR) is 67.8 cm³/mol. The second-order valence-corrected chi connectivity index (χ2v) is 5.45. The van der Waals surface area contributed by atoms with Crippen LogP contribution in [0.25, 0.3) is 0 Å². The summed E-state index contributed by atoms with van der Waals surface area (Å²) >= 11 is 5.35. The monoisotopic (exact) mass is 237 g/mol. The fourth-order valence-electron chi connectivity index (χ4n) is 3.01. The smallest absolute Gasteiger partial charge is 0.168 e. The molecular formula is C12H19N3S. The van der Waals surface area contributed by atoms with E-state index in [2.05, 4.69) is 11.4 Å². The van der Waals surface area contributed by atoms with Crippen molar-refractivity contribution in [3.8, 4) is 6.07 Å². The van der Waals surface area contributed by atoms with Crippen LogP contribution in [-0.2, 0) is 0 Å². The van der Waals surface area contributed by atoms with Crippen molar-refractivity contribution < 1.29 is 0 Å². The van der Waals surface area contributed by atoms with E-state index < -0.39 is 0 Å². The van der Waals surface area contributed by atoms with Crippen molar-refractivity contribution >= 4 is 17.3 Å². The second kappa shape index (κ2) is 5.01. The number of hydrogen-bond acceptors (Lipinski definition) is 2. The van der Waals surface area contributed by atoms with Crippen molar-refractivity contribution in [3.63, 3.8) is 0 Å². The van der Waals surface area contributed by atoms with Crippen LogP contribution in [0.2, 0.25) is 0 Å². The van der Waals surface area contributed by atoms with Crippen LogP contribution in [0.4, 0.5) is 0 Å². The molecule has 2 aliphatic carbocycles. The fourth-order valence-corrected chi connectivity index (χ4v) is 3.25. The van der Waals surface area contributed by atoms with E-state index in [1.165, 1.54) is 25.7 Å². The number of fused-ring (bicyclic) bond motifs is 2. The van der Waals surface area contributed by atoms with Crippen molar-refractivity contribution in [2.75, 3.05) is 13.6 Å². The molecule has 1 N–H and O–H groups in total. The molecule has 3 atom stereocenters. The molecule has 0 aromatic carbocycles. The minimum atomic E-state index is 0.537. The van der Waals surface area contributed by atoms with Crippen molar-refractivity contribution in [1.82, 2.24) is 10.2 Å². The molecule has 2 saturated carbocycles. The molecule has 88 valence electrons. The Hall–Kier alpha value is -0.820. The van der Waals surface area contributed by atoms with E-state index in [1.807, 2.05) is 11.9 Å². The average Bonchev–Trinajstić information content (AvgIpc) is 2.87. The van der Waals surface area contributed by atoms with Gasteiger partial charge >= 0.3 is 0 Å². The molecule has 0 amide bonds. The summed E-state index contributed by atoms with van der Waals surface area (Å²) in [6, 6.07) is 2.74. The van der Waals surface area contributed by atoms with Gasteiger partial charge in [0.2, 0.25) is 0 Å². The summed E-state index contributed by atoms with van der Waals surface area (Å²) in [5.74, 6) is 1.78. The third kappa shape index (κ3) is 2.46. The quantitative estimate of drug-likeness (QED) is 0.761. The van der Waals surface area contributed by atoms with Gasteiger partial charge in [-0.1, -0.05) is 6.42 Å². The third-order valence-electron chi connectivity index (χ3n) is 3.95. The maximum absolute atomic E-state index is 8.53. The van der Waals surface area contributed by atoms with Crippen molar-refractivity contribution in [2.24, 2.45) is 11.8 Å². The lowest BCUT2D eigenvalue weighted by Gasteiger charge is -2.28. The molecule has 0 radical (unpaired) electrons. The van der Waals surface area contributed by atoms with E-state index in [4.69, 9.17) is 17.5 Å². The van der Waals surface area contributed by atoms with Gasteiger partial charge in [-0.3, -0.25) is 0 Å². The number of rotatable bonds is 3. The summed E-state index contributed by atoms with van der Waals surface area (Å²) in [4.78, 5) is 1.98. The largest absolute Gasteiger partial charge is 0.360 e. The molecular weight excluding hydrogens is 218 g/mol. The van der Waals surface area contributed by atoms with Gasteiger partial charge in [-0.15, -0.1) is 0 Å². The predicted octanol–water partition coefficient (Wildman–Crippen LogP) is 1.89. The molecule has 0 saturated heterocycles. The summed E-state index contributed by atoms with van der Waals surface area (Å²) < 4.78 is 0. The standard InChI is InChI=1S/C12H19N3S/c1-15(6-2-5-13)12(16)14-11-8-9-3-4-10(11)7-9/h9-11H,2-4,6-8H2,1H3,(H,14,16)/t9-,10+,11+/m0/s1. The van der Waals surface area contributed by atoms with Gasteiger partial charge in [-0.2, -0.15) is 5.26 Å². The molecule has 0 heterocycles. The first kappa shape index (κ1) is 11.7. The summed E-state index contributed by atoms with van der Waals surface area (Å²) in [6.07, 6.45) is 6.00. The zero-order chi connectivity index (χ0) is 11.5. The van der Waals surface area contributed by atoms with E-state index in [9.17, 15) is 0 Å². The molecule has 2 fully saturated rings. The highest BCUT2D eigenvalue weighted by Crippen LogP contribution is 2.44. The zero-order valence-corrected chi connectivity index (χ0v) is 10.6. The molecule has 0 aromatic heterocycles. The van der Waals surface area contributed by atoms with Gasteiger partial charge in [-0.25, -0.2) is 0 Å². The first-order valence-electron chi connectivity index (χ1n) is 6.09. The molecule has 2 rings (SSSR count). The Morgan fingerprint density at radius 3 is 2.88 bits per heavy atom. The maximum Gasteiger partial charge on any atom is 0.168 e. The van der Waals surface area contributed by atoms with Gasteiger partial charge in [-0.05, 0) is 43.3 Å². The van der Waals surface area contributed by atoms with E-state index in [1.54, 1.807) is 0 Å². The molecule has 2 bridgehead atoms. The SMILES string of the molecule is CN(CCC#N)C(=S)N[C@@H]1C[C@H]2CC[C@@H]1C2. The topological polar surface area (TPSA) is 39.1 Å². The van der Waals surface area contributed by atoms with E-state index in [-0.39, 0.29) is 0 Å². The number of nitriles is 1. The highest BCUT2D eigenvalue weighted by Gasteiger charge is 2.39. The van der Waals surface area contributed by atoms with E-state index in [0.717, 1.165) is 23.5 Å². The Morgan fingerprint density at radius 1 is 1.50 bits per heavy atom. The van der Waals surface area contributed by atoms with Crippen molar-refractivity contribution in [1.29, 1.82) is 5.26 Å². The molecule has 2 aliphatic rings. The Bertz CT molecular complexity index is 310. The molecule has 0 unspecified atom stereocenters. The summed E-state index contributed by atoms with van der Waals surface area (Å²) in [5, 5.41) is 12.8. The summed E-state index contributed by atoms with van der Waals surface area (Å²) in [5.41, 5.74) is 0.